The summed E-state index contributed by atoms with van der Waals surface area (Å²) in [4.78, 5) is 4.81. The zero-order valence-corrected chi connectivity index (χ0v) is 16.9. The van der Waals surface area contributed by atoms with Gasteiger partial charge in [-0.25, -0.2) is 4.98 Å². The van der Waals surface area contributed by atoms with Crippen molar-refractivity contribution in [3.05, 3.63) is 94.2 Å². The highest BCUT2D eigenvalue weighted by Gasteiger charge is 2.18. The van der Waals surface area contributed by atoms with E-state index < -0.39 is 0 Å². The van der Waals surface area contributed by atoms with Crippen molar-refractivity contribution in [1.82, 2.24) is 9.55 Å². The first-order valence-corrected chi connectivity index (χ1v) is 9.79. The fourth-order valence-electron chi connectivity index (χ4n) is 3.30. The molecule has 4 aromatic rings. The number of benzene rings is 3. The summed E-state index contributed by atoms with van der Waals surface area (Å²) in [5.41, 5.74) is 3.82. The molecule has 0 aliphatic carbocycles. The lowest BCUT2D eigenvalue weighted by Gasteiger charge is -2.18. The summed E-state index contributed by atoms with van der Waals surface area (Å²) in [6.07, 6.45) is 0. The summed E-state index contributed by atoms with van der Waals surface area (Å²) < 4.78 is 9.21. The summed E-state index contributed by atoms with van der Waals surface area (Å²) in [6, 6.07) is 25.8. The fraction of sp³-hybridized carbons (Fsp3) is 0.130. The second-order valence-electron chi connectivity index (χ2n) is 6.54. The molecule has 0 aliphatic heterocycles. The van der Waals surface area contributed by atoms with E-state index in [1.54, 1.807) is 12.1 Å². The summed E-state index contributed by atoms with van der Waals surface area (Å²) in [7, 11) is 0. The highest BCUT2D eigenvalue weighted by Crippen LogP contribution is 2.28. The van der Waals surface area contributed by atoms with Crippen molar-refractivity contribution in [1.29, 1.82) is 5.26 Å². The molecule has 4 rings (SSSR count). The zero-order valence-electron chi connectivity index (χ0n) is 15.3. The van der Waals surface area contributed by atoms with E-state index in [1.807, 2.05) is 42.5 Å². The van der Waals surface area contributed by atoms with Gasteiger partial charge in [-0.3, -0.25) is 0 Å². The second kappa shape index (κ2) is 7.87. The average Bonchev–Trinajstić information content (AvgIpc) is 3.10. The van der Waals surface area contributed by atoms with E-state index in [9.17, 15) is 0 Å². The summed E-state index contributed by atoms with van der Waals surface area (Å²) in [6.45, 7) is 2.51. The van der Waals surface area contributed by atoms with E-state index in [0.29, 0.717) is 17.9 Å². The Labute approximate surface area is 172 Å². The molecule has 1 atom stereocenters. The first kappa shape index (κ1) is 18.3. The van der Waals surface area contributed by atoms with Gasteiger partial charge in [0.05, 0.1) is 28.7 Å². The molecule has 0 amide bonds. The number of nitrogens with zero attached hydrogens (tertiary/aromatic N) is 3. The monoisotopic (exact) mass is 431 g/mol. The predicted octanol–water partition coefficient (Wildman–Crippen LogP) is 5.86. The molecule has 138 valence electrons. The van der Waals surface area contributed by atoms with Gasteiger partial charge in [0.2, 0.25) is 0 Å². The number of rotatable bonds is 5. The molecule has 0 aliphatic rings. The quantitative estimate of drug-likeness (QED) is 0.397. The third-order valence-corrected chi connectivity index (χ3v) is 5.24. The molecule has 28 heavy (non-hydrogen) atoms. The molecule has 0 fully saturated rings. The lowest BCUT2D eigenvalue weighted by Crippen LogP contribution is -2.12. The number of halogens is 1. The zero-order chi connectivity index (χ0) is 19.5. The number of imidazole rings is 1. The summed E-state index contributed by atoms with van der Waals surface area (Å²) in [5.74, 6) is 1.57. The Hall–Kier alpha value is -3.10. The van der Waals surface area contributed by atoms with Gasteiger partial charge in [-0.15, -0.1) is 0 Å². The van der Waals surface area contributed by atoms with Crippen LogP contribution < -0.4 is 4.74 Å². The van der Waals surface area contributed by atoms with Crippen molar-refractivity contribution in [2.45, 2.75) is 19.6 Å². The van der Waals surface area contributed by atoms with Crippen molar-refractivity contribution >= 4 is 27.0 Å². The van der Waals surface area contributed by atoms with Crippen molar-refractivity contribution in [3.8, 4) is 11.8 Å². The van der Waals surface area contributed by atoms with E-state index in [1.165, 1.54) is 5.56 Å². The van der Waals surface area contributed by atoms with Crippen LogP contribution in [0.4, 0.5) is 0 Å². The summed E-state index contributed by atoms with van der Waals surface area (Å²) >= 11 is 3.57. The van der Waals surface area contributed by atoms with Gasteiger partial charge in [0.25, 0.3) is 0 Å². The molecule has 4 nitrogen and oxygen atoms in total. The molecule has 3 aromatic carbocycles. The number of hydrogen-bond donors (Lipinski definition) is 0. The molecule has 0 saturated carbocycles. The minimum Gasteiger partial charge on any atom is -0.486 e. The molecule has 0 N–H and O–H groups in total. The Balaban J connectivity index is 1.71. The van der Waals surface area contributed by atoms with E-state index in [-0.39, 0.29) is 6.04 Å². The maximum absolute atomic E-state index is 8.94. The van der Waals surface area contributed by atoms with E-state index in [4.69, 9.17) is 15.0 Å². The Morgan fingerprint density at radius 2 is 1.82 bits per heavy atom. The highest BCUT2D eigenvalue weighted by atomic mass is 79.9. The molecule has 1 unspecified atom stereocenters. The maximum atomic E-state index is 8.94. The highest BCUT2D eigenvalue weighted by molar-refractivity contribution is 9.10. The topological polar surface area (TPSA) is 50.8 Å². The van der Waals surface area contributed by atoms with Crippen LogP contribution in [-0.2, 0) is 6.61 Å². The van der Waals surface area contributed by atoms with Gasteiger partial charge in [0.1, 0.15) is 18.2 Å². The smallest absolute Gasteiger partial charge is 0.148 e. The SMILES string of the molecule is CC(c1ccccc1)n1c(COc2ccc(C#N)cc2)nc2ccc(Br)cc21. The molecule has 0 radical (unpaired) electrons. The van der Waals surface area contributed by atoms with Gasteiger partial charge in [0.15, 0.2) is 0 Å². The van der Waals surface area contributed by atoms with Crippen LogP contribution in [0.1, 0.15) is 29.9 Å². The van der Waals surface area contributed by atoms with Gasteiger partial charge in [0, 0.05) is 4.47 Å². The largest absolute Gasteiger partial charge is 0.486 e. The van der Waals surface area contributed by atoms with Crippen molar-refractivity contribution in [3.63, 3.8) is 0 Å². The van der Waals surface area contributed by atoms with Crippen LogP contribution in [0.15, 0.2) is 77.3 Å². The lowest BCUT2D eigenvalue weighted by atomic mass is 10.1. The Bertz CT molecular complexity index is 1140. The Kier molecular flexibility index (Phi) is 5.14. The average molecular weight is 432 g/mol. The van der Waals surface area contributed by atoms with E-state index >= 15 is 0 Å². The van der Waals surface area contributed by atoms with Gasteiger partial charge < -0.3 is 9.30 Å². The minimum absolute atomic E-state index is 0.111. The third kappa shape index (κ3) is 3.64. The predicted molar refractivity (Wildman–Crippen MR) is 113 cm³/mol. The maximum Gasteiger partial charge on any atom is 0.148 e. The summed E-state index contributed by atoms with van der Waals surface area (Å²) in [5, 5.41) is 8.94. The van der Waals surface area contributed by atoms with Gasteiger partial charge in [-0.1, -0.05) is 46.3 Å². The number of nitriles is 1. The van der Waals surface area contributed by atoms with Crippen molar-refractivity contribution < 1.29 is 4.74 Å². The van der Waals surface area contributed by atoms with Crippen LogP contribution in [0.5, 0.6) is 5.75 Å². The van der Waals surface area contributed by atoms with Crippen molar-refractivity contribution in [2.75, 3.05) is 0 Å². The number of aromatic nitrogens is 2. The van der Waals surface area contributed by atoms with Crippen molar-refractivity contribution in [2.24, 2.45) is 0 Å². The van der Waals surface area contributed by atoms with Gasteiger partial charge in [-0.2, -0.15) is 5.26 Å². The third-order valence-electron chi connectivity index (χ3n) is 4.75. The first-order chi connectivity index (χ1) is 13.7. The number of hydrogen-bond acceptors (Lipinski definition) is 3. The van der Waals surface area contributed by atoms with Crippen LogP contribution in [0, 0.1) is 11.3 Å². The Morgan fingerprint density at radius 3 is 2.54 bits per heavy atom. The minimum atomic E-state index is 0.111. The van der Waals surface area contributed by atoms with E-state index in [0.717, 1.165) is 21.3 Å². The number of ether oxygens (including phenoxy) is 1. The van der Waals surface area contributed by atoms with Gasteiger partial charge in [-0.05, 0) is 55.0 Å². The fourth-order valence-corrected chi connectivity index (χ4v) is 3.65. The molecule has 0 spiro atoms. The Morgan fingerprint density at radius 1 is 1.07 bits per heavy atom. The molecule has 1 heterocycles. The normalized spacial score (nSPS) is 11.9. The molecule has 0 bridgehead atoms. The second-order valence-corrected chi connectivity index (χ2v) is 7.46. The molecule has 1 aromatic heterocycles. The molecule has 5 heteroatoms. The molecular formula is C23H18BrN3O. The first-order valence-electron chi connectivity index (χ1n) is 9.00. The van der Waals surface area contributed by atoms with Crippen LogP contribution in [0.25, 0.3) is 11.0 Å². The van der Waals surface area contributed by atoms with E-state index in [2.05, 4.69) is 51.7 Å². The van der Waals surface area contributed by atoms with Crippen LogP contribution in [-0.4, -0.2) is 9.55 Å². The molecule has 0 saturated heterocycles. The van der Waals surface area contributed by atoms with Crippen LogP contribution >= 0.6 is 15.9 Å². The van der Waals surface area contributed by atoms with Crippen LogP contribution in [0.2, 0.25) is 0 Å². The lowest BCUT2D eigenvalue weighted by molar-refractivity contribution is 0.288. The van der Waals surface area contributed by atoms with Crippen LogP contribution in [0.3, 0.4) is 0 Å². The molecular weight excluding hydrogens is 414 g/mol. The standard InChI is InChI=1S/C23H18BrN3O/c1-16(18-5-3-2-4-6-18)27-22-13-19(24)9-12-21(22)26-23(27)15-28-20-10-7-17(14-25)8-11-20/h2-13,16H,15H2,1H3. The van der Waals surface area contributed by atoms with Gasteiger partial charge >= 0.3 is 0 Å². The number of fused-ring (bicyclic) bond motifs is 1.